The van der Waals surface area contributed by atoms with E-state index in [0.717, 1.165) is 16.7 Å². The summed E-state index contributed by atoms with van der Waals surface area (Å²) in [5.41, 5.74) is 3.07. The van der Waals surface area contributed by atoms with Gasteiger partial charge in [-0.3, -0.25) is 0 Å². The van der Waals surface area contributed by atoms with Crippen LogP contribution in [0.2, 0.25) is 0 Å². The predicted octanol–water partition coefficient (Wildman–Crippen LogP) is 3.12. The van der Waals surface area contributed by atoms with E-state index in [0.29, 0.717) is 5.82 Å². The molecule has 0 aliphatic rings. The smallest absolute Gasteiger partial charge is 0.352 e. The summed E-state index contributed by atoms with van der Waals surface area (Å²) < 4.78 is 0.265. The number of aromatic carboxylic acids is 1. The minimum Gasteiger partial charge on any atom is -0.477 e. The minimum absolute atomic E-state index is 0.0463. The highest BCUT2D eigenvalue weighted by Crippen LogP contribution is 2.21. The Labute approximate surface area is 109 Å². The molecule has 0 amide bonds. The van der Waals surface area contributed by atoms with Gasteiger partial charge < -0.3 is 10.1 Å². The molecular formula is C13H12N2O2S. The highest BCUT2D eigenvalue weighted by Gasteiger charge is 2.09. The van der Waals surface area contributed by atoms with E-state index < -0.39 is 5.97 Å². The molecule has 0 unspecified atom stereocenters. The van der Waals surface area contributed by atoms with E-state index in [9.17, 15) is 4.79 Å². The first-order chi connectivity index (χ1) is 8.47. The molecule has 4 nitrogen and oxygen atoms in total. The summed E-state index contributed by atoms with van der Waals surface area (Å²) in [6.07, 6.45) is 0. The lowest BCUT2D eigenvalue weighted by atomic mass is 10.1. The molecule has 0 aliphatic carbocycles. The molecule has 1 heterocycles. The predicted molar refractivity (Wildman–Crippen MR) is 71.3 cm³/mol. The van der Waals surface area contributed by atoms with Crippen LogP contribution >= 0.6 is 12.2 Å². The second kappa shape index (κ2) is 4.70. The van der Waals surface area contributed by atoms with E-state index in [1.54, 1.807) is 0 Å². The molecule has 1 aromatic carbocycles. The fourth-order valence-electron chi connectivity index (χ4n) is 1.78. The first kappa shape index (κ1) is 12.4. The van der Waals surface area contributed by atoms with Gasteiger partial charge in [0.25, 0.3) is 0 Å². The maximum atomic E-state index is 11.0. The average molecular weight is 260 g/mol. The number of carbonyl (C=O) groups is 1. The maximum absolute atomic E-state index is 11.0. The number of aromatic amines is 1. The van der Waals surface area contributed by atoms with E-state index in [-0.39, 0.29) is 10.3 Å². The highest BCUT2D eigenvalue weighted by atomic mass is 32.1. The molecule has 92 valence electrons. The Hall–Kier alpha value is -2.01. The summed E-state index contributed by atoms with van der Waals surface area (Å²) >= 11 is 4.98. The monoisotopic (exact) mass is 260 g/mol. The van der Waals surface area contributed by atoms with E-state index >= 15 is 0 Å². The van der Waals surface area contributed by atoms with Gasteiger partial charge in [-0.1, -0.05) is 36.0 Å². The lowest BCUT2D eigenvalue weighted by Gasteiger charge is -2.07. The van der Waals surface area contributed by atoms with Crippen molar-refractivity contribution < 1.29 is 9.90 Å². The van der Waals surface area contributed by atoms with Gasteiger partial charge in [-0.2, -0.15) is 0 Å². The molecule has 2 aromatic rings. The molecule has 1 aromatic heterocycles. The largest absolute Gasteiger partial charge is 0.477 e. The van der Waals surface area contributed by atoms with Gasteiger partial charge in [-0.25, -0.2) is 9.78 Å². The van der Waals surface area contributed by atoms with Crippen LogP contribution in [-0.2, 0) is 0 Å². The standard InChI is InChI=1S/C13H12N2O2S/c1-7-3-4-9(8(2)5-7)12-14-10(13(16)17)6-11(18)15-12/h3-6H,1-2H3,(H,16,17)(H,14,15,18). The molecular weight excluding hydrogens is 248 g/mol. The van der Waals surface area contributed by atoms with Crippen molar-refractivity contribution in [1.82, 2.24) is 9.97 Å². The fourth-order valence-corrected chi connectivity index (χ4v) is 1.99. The third-order valence-corrected chi connectivity index (χ3v) is 2.82. The molecule has 0 bridgehead atoms. The number of nitrogens with one attached hydrogen (secondary N) is 1. The van der Waals surface area contributed by atoms with Gasteiger partial charge in [-0.05, 0) is 19.4 Å². The second-order valence-corrected chi connectivity index (χ2v) is 4.52. The van der Waals surface area contributed by atoms with Crippen LogP contribution < -0.4 is 0 Å². The Balaban J connectivity index is 2.64. The highest BCUT2D eigenvalue weighted by molar-refractivity contribution is 7.71. The fraction of sp³-hybridized carbons (Fsp3) is 0.154. The van der Waals surface area contributed by atoms with E-state index in [4.69, 9.17) is 17.3 Å². The summed E-state index contributed by atoms with van der Waals surface area (Å²) in [5, 5.41) is 8.99. The summed E-state index contributed by atoms with van der Waals surface area (Å²) in [5.74, 6) is -0.563. The number of hydrogen-bond donors (Lipinski definition) is 2. The molecule has 0 saturated carbocycles. The molecule has 0 spiro atoms. The Bertz CT molecular complexity index is 677. The number of benzene rings is 1. The van der Waals surface area contributed by atoms with Crippen molar-refractivity contribution in [3.8, 4) is 11.4 Å². The Morgan fingerprint density at radius 3 is 2.67 bits per heavy atom. The second-order valence-electron chi connectivity index (χ2n) is 4.11. The molecule has 5 heteroatoms. The van der Waals surface area contributed by atoms with Crippen LogP contribution in [0.1, 0.15) is 21.6 Å². The van der Waals surface area contributed by atoms with Crippen molar-refractivity contribution in [3.05, 3.63) is 45.7 Å². The first-order valence-electron chi connectivity index (χ1n) is 5.39. The van der Waals surface area contributed by atoms with Gasteiger partial charge in [0.15, 0.2) is 0 Å². The van der Waals surface area contributed by atoms with Gasteiger partial charge in [0.05, 0.1) is 0 Å². The van der Waals surface area contributed by atoms with E-state index in [2.05, 4.69) is 9.97 Å². The van der Waals surface area contributed by atoms with Gasteiger partial charge in [0, 0.05) is 11.6 Å². The third kappa shape index (κ3) is 2.46. The van der Waals surface area contributed by atoms with Crippen molar-refractivity contribution in [1.29, 1.82) is 0 Å². The Morgan fingerprint density at radius 2 is 2.06 bits per heavy atom. The molecule has 0 fully saturated rings. The molecule has 0 aliphatic heterocycles. The van der Waals surface area contributed by atoms with Crippen LogP contribution in [-0.4, -0.2) is 21.0 Å². The van der Waals surface area contributed by atoms with Crippen molar-refractivity contribution in [3.63, 3.8) is 0 Å². The summed E-state index contributed by atoms with van der Waals surface area (Å²) in [4.78, 5) is 17.9. The molecule has 2 N–H and O–H groups in total. The zero-order valence-corrected chi connectivity index (χ0v) is 10.8. The zero-order valence-electron chi connectivity index (χ0n) is 10.0. The van der Waals surface area contributed by atoms with Gasteiger partial charge in [-0.15, -0.1) is 0 Å². The number of rotatable bonds is 2. The van der Waals surface area contributed by atoms with Gasteiger partial charge >= 0.3 is 5.97 Å². The van der Waals surface area contributed by atoms with Crippen LogP contribution in [0.25, 0.3) is 11.4 Å². The van der Waals surface area contributed by atoms with Crippen molar-refractivity contribution in [2.24, 2.45) is 0 Å². The van der Waals surface area contributed by atoms with Gasteiger partial charge in [0.1, 0.15) is 16.2 Å². The number of aryl methyl sites for hydroxylation is 2. The number of H-pyrrole nitrogens is 1. The van der Waals surface area contributed by atoms with Crippen LogP contribution in [0.15, 0.2) is 24.3 Å². The third-order valence-electron chi connectivity index (χ3n) is 2.61. The lowest BCUT2D eigenvalue weighted by Crippen LogP contribution is -2.03. The minimum atomic E-state index is -1.05. The number of aromatic nitrogens is 2. The Kier molecular flexibility index (Phi) is 3.25. The normalized spacial score (nSPS) is 10.3. The number of carboxylic acid groups (broad SMARTS) is 1. The molecule has 0 atom stereocenters. The van der Waals surface area contributed by atoms with Crippen LogP contribution in [0.4, 0.5) is 0 Å². The van der Waals surface area contributed by atoms with Crippen LogP contribution in [0, 0.1) is 18.5 Å². The van der Waals surface area contributed by atoms with Crippen molar-refractivity contribution in [2.75, 3.05) is 0 Å². The first-order valence-corrected chi connectivity index (χ1v) is 5.80. The van der Waals surface area contributed by atoms with Gasteiger partial charge in [0.2, 0.25) is 0 Å². The summed E-state index contributed by atoms with van der Waals surface area (Å²) in [6, 6.07) is 7.21. The van der Waals surface area contributed by atoms with E-state index in [1.807, 2.05) is 32.0 Å². The topological polar surface area (TPSA) is 66.0 Å². The number of carboxylic acids is 1. The SMILES string of the molecule is Cc1ccc(-c2nc(=S)cc(C(=O)O)[nH]2)c(C)c1. The van der Waals surface area contributed by atoms with Crippen molar-refractivity contribution in [2.45, 2.75) is 13.8 Å². The summed E-state index contributed by atoms with van der Waals surface area (Å²) in [7, 11) is 0. The van der Waals surface area contributed by atoms with Crippen LogP contribution in [0.3, 0.4) is 0 Å². The molecule has 2 rings (SSSR count). The average Bonchev–Trinajstić information content (AvgIpc) is 2.27. The molecule has 0 radical (unpaired) electrons. The summed E-state index contributed by atoms with van der Waals surface area (Å²) in [6.45, 7) is 3.95. The zero-order chi connectivity index (χ0) is 13.3. The number of nitrogens with zero attached hydrogens (tertiary/aromatic N) is 1. The van der Waals surface area contributed by atoms with Crippen molar-refractivity contribution >= 4 is 18.2 Å². The molecule has 0 saturated heterocycles. The van der Waals surface area contributed by atoms with Crippen LogP contribution in [0.5, 0.6) is 0 Å². The maximum Gasteiger partial charge on any atom is 0.352 e. The quantitative estimate of drug-likeness (QED) is 0.814. The number of hydrogen-bond acceptors (Lipinski definition) is 3. The Morgan fingerprint density at radius 1 is 1.33 bits per heavy atom. The van der Waals surface area contributed by atoms with E-state index in [1.165, 1.54) is 6.07 Å². The lowest BCUT2D eigenvalue weighted by molar-refractivity contribution is 0.0690. The molecule has 18 heavy (non-hydrogen) atoms.